The Morgan fingerprint density at radius 2 is 1.79 bits per heavy atom. The second kappa shape index (κ2) is 10.8. The highest BCUT2D eigenvalue weighted by molar-refractivity contribution is 9.10. The fourth-order valence-corrected chi connectivity index (χ4v) is 4.03. The monoisotopic (exact) mass is 442 g/mol. The van der Waals surface area contributed by atoms with Gasteiger partial charge in [0.1, 0.15) is 0 Å². The third-order valence-electron chi connectivity index (χ3n) is 5.41. The van der Waals surface area contributed by atoms with Gasteiger partial charge in [0.2, 0.25) is 0 Å². The van der Waals surface area contributed by atoms with Crippen LogP contribution in [0.4, 0.5) is 5.69 Å². The summed E-state index contributed by atoms with van der Waals surface area (Å²) in [6, 6.07) is 16.4. The second-order valence-corrected chi connectivity index (χ2v) is 8.67. The Morgan fingerprint density at radius 3 is 2.54 bits per heavy atom. The number of hydrogen-bond acceptors (Lipinski definition) is 2. The minimum absolute atomic E-state index is 0.0843. The highest BCUT2D eigenvalue weighted by atomic mass is 79.9. The Hall–Kier alpha value is -1.65. The first-order chi connectivity index (χ1) is 13.7. The predicted molar refractivity (Wildman–Crippen MR) is 121 cm³/mol. The van der Waals surface area contributed by atoms with E-state index >= 15 is 0 Å². The van der Waals surface area contributed by atoms with E-state index in [9.17, 15) is 4.79 Å². The molecule has 2 atom stereocenters. The first kappa shape index (κ1) is 21.1. The normalized spacial score (nSPS) is 18.1. The number of halogens is 1. The zero-order valence-corrected chi connectivity index (χ0v) is 18.3. The molecule has 0 unspecified atom stereocenters. The number of carbonyl (C=O) groups excluding carboxylic acids is 1. The molecule has 2 N–H and O–H groups in total. The van der Waals surface area contributed by atoms with Crippen molar-refractivity contribution < 1.29 is 4.79 Å². The van der Waals surface area contributed by atoms with Crippen molar-refractivity contribution in [3.8, 4) is 0 Å². The van der Waals surface area contributed by atoms with E-state index in [0.29, 0.717) is 17.5 Å². The van der Waals surface area contributed by atoms with Gasteiger partial charge in [-0.3, -0.25) is 4.79 Å². The average molecular weight is 443 g/mol. The van der Waals surface area contributed by atoms with Crippen molar-refractivity contribution in [3.63, 3.8) is 0 Å². The van der Waals surface area contributed by atoms with E-state index in [1.807, 2.05) is 36.4 Å². The number of unbranched alkanes of at least 4 members (excludes halogenated alkanes) is 5. The quantitative estimate of drug-likeness (QED) is 0.389. The molecule has 2 aromatic carbocycles. The van der Waals surface area contributed by atoms with Crippen LogP contribution >= 0.6 is 15.9 Å². The molecule has 3 rings (SSSR count). The zero-order valence-electron chi connectivity index (χ0n) is 16.7. The summed E-state index contributed by atoms with van der Waals surface area (Å²) in [5.74, 6) is 0.536. The Balaban J connectivity index is 1.39. The number of nitrogens with one attached hydrogen (secondary N) is 2. The van der Waals surface area contributed by atoms with Gasteiger partial charge < -0.3 is 10.6 Å². The van der Waals surface area contributed by atoms with Crippen LogP contribution in [0.1, 0.15) is 73.7 Å². The number of rotatable bonds is 11. The van der Waals surface area contributed by atoms with Gasteiger partial charge in [-0.2, -0.15) is 0 Å². The highest BCUT2D eigenvalue weighted by Crippen LogP contribution is 2.41. The summed E-state index contributed by atoms with van der Waals surface area (Å²) in [5.41, 5.74) is 2.85. The Labute approximate surface area is 177 Å². The van der Waals surface area contributed by atoms with Gasteiger partial charge in [-0.1, -0.05) is 73.2 Å². The van der Waals surface area contributed by atoms with E-state index in [-0.39, 0.29) is 5.91 Å². The molecule has 0 aliphatic heterocycles. The maximum atomic E-state index is 12.3. The summed E-state index contributed by atoms with van der Waals surface area (Å²) >= 11 is 3.40. The molecule has 1 saturated carbocycles. The Kier molecular flexibility index (Phi) is 8.11. The lowest BCUT2D eigenvalue weighted by Gasteiger charge is -2.08. The smallest absolute Gasteiger partial charge is 0.255 e. The van der Waals surface area contributed by atoms with Crippen LogP contribution in [-0.2, 0) is 0 Å². The van der Waals surface area contributed by atoms with Gasteiger partial charge in [0.15, 0.2) is 0 Å². The number of hydrogen-bond donors (Lipinski definition) is 2. The fraction of sp³-hybridized carbons (Fsp3) is 0.458. The molecule has 1 amide bonds. The first-order valence-corrected chi connectivity index (χ1v) is 11.4. The van der Waals surface area contributed by atoms with Crippen LogP contribution in [0.2, 0.25) is 0 Å². The summed E-state index contributed by atoms with van der Waals surface area (Å²) < 4.78 is 0.906. The van der Waals surface area contributed by atoms with Crippen LogP contribution in [0.3, 0.4) is 0 Å². The van der Waals surface area contributed by atoms with Crippen molar-refractivity contribution in [3.05, 3.63) is 64.1 Å². The van der Waals surface area contributed by atoms with Gasteiger partial charge >= 0.3 is 0 Å². The van der Waals surface area contributed by atoms with E-state index in [0.717, 1.165) is 16.7 Å². The van der Waals surface area contributed by atoms with Crippen LogP contribution in [-0.4, -0.2) is 18.5 Å². The average Bonchev–Trinajstić information content (AvgIpc) is 3.47. The van der Waals surface area contributed by atoms with Crippen molar-refractivity contribution in [1.29, 1.82) is 0 Å². The third-order valence-corrected chi connectivity index (χ3v) is 5.90. The van der Waals surface area contributed by atoms with Crippen LogP contribution in [0, 0.1) is 0 Å². The molecule has 3 nitrogen and oxygen atoms in total. The SMILES string of the molecule is CCCCCCCCN[C@@H]1C[C@H]1c1ccc(NC(=O)c2cccc(Br)c2)cc1. The van der Waals surface area contributed by atoms with Crippen molar-refractivity contribution in [2.24, 2.45) is 0 Å². The largest absolute Gasteiger partial charge is 0.322 e. The summed E-state index contributed by atoms with van der Waals surface area (Å²) in [6.45, 7) is 3.39. The lowest BCUT2D eigenvalue weighted by molar-refractivity contribution is 0.102. The number of anilines is 1. The van der Waals surface area contributed by atoms with Crippen LogP contribution in [0.25, 0.3) is 0 Å². The molecule has 1 fully saturated rings. The standard InChI is InChI=1S/C24H31BrN2O/c1-2-3-4-5-6-7-15-26-23-17-22(23)18-11-13-21(14-12-18)27-24(28)19-9-8-10-20(25)16-19/h8-14,16,22-23,26H,2-7,15,17H2,1H3,(H,27,28)/t22-,23+/m0/s1. The summed E-state index contributed by atoms with van der Waals surface area (Å²) in [7, 11) is 0. The maximum absolute atomic E-state index is 12.3. The molecule has 150 valence electrons. The Morgan fingerprint density at radius 1 is 1.04 bits per heavy atom. The Bertz CT molecular complexity index is 759. The number of benzene rings is 2. The van der Waals surface area contributed by atoms with Crippen molar-refractivity contribution in [2.75, 3.05) is 11.9 Å². The molecule has 4 heteroatoms. The molecule has 1 aliphatic rings. The van der Waals surface area contributed by atoms with Gasteiger partial charge in [0.05, 0.1) is 0 Å². The molecule has 0 saturated heterocycles. The minimum atomic E-state index is -0.0843. The lowest BCUT2D eigenvalue weighted by Crippen LogP contribution is -2.19. The third kappa shape index (κ3) is 6.46. The van der Waals surface area contributed by atoms with Crippen molar-refractivity contribution in [2.45, 2.75) is 63.8 Å². The van der Waals surface area contributed by atoms with E-state index in [1.54, 1.807) is 0 Å². The lowest BCUT2D eigenvalue weighted by atomic mass is 10.1. The molecular formula is C24H31BrN2O. The summed E-state index contributed by atoms with van der Waals surface area (Å²) in [6.07, 6.45) is 9.29. The van der Waals surface area contributed by atoms with E-state index < -0.39 is 0 Å². The van der Waals surface area contributed by atoms with Gasteiger partial charge in [-0.15, -0.1) is 0 Å². The van der Waals surface area contributed by atoms with E-state index in [4.69, 9.17) is 0 Å². The summed E-state index contributed by atoms with van der Waals surface area (Å²) in [5, 5.41) is 6.67. The molecule has 0 radical (unpaired) electrons. The van der Waals surface area contributed by atoms with Crippen molar-refractivity contribution in [1.82, 2.24) is 5.32 Å². The number of amides is 1. The molecular weight excluding hydrogens is 412 g/mol. The molecule has 0 heterocycles. The highest BCUT2D eigenvalue weighted by Gasteiger charge is 2.37. The minimum Gasteiger partial charge on any atom is -0.322 e. The molecule has 0 spiro atoms. The number of carbonyl (C=O) groups is 1. The molecule has 2 aromatic rings. The molecule has 1 aliphatic carbocycles. The van der Waals surface area contributed by atoms with Crippen LogP contribution in [0.5, 0.6) is 0 Å². The predicted octanol–water partition coefficient (Wildman–Crippen LogP) is 6.51. The van der Waals surface area contributed by atoms with Crippen LogP contribution in [0.15, 0.2) is 53.0 Å². The van der Waals surface area contributed by atoms with Crippen LogP contribution < -0.4 is 10.6 Å². The zero-order chi connectivity index (χ0) is 19.8. The maximum Gasteiger partial charge on any atom is 0.255 e. The van der Waals surface area contributed by atoms with Gasteiger partial charge in [-0.25, -0.2) is 0 Å². The topological polar surface area (TPSA) is 41.1 Å². The molecule has 28 heavy (non-hydrogen) atoms. The first-order valence-electron chi connectivity index (χ1n) is 10.6. The van der Waals surface area contributed by atoms with Gasteiger partial charge in [-0.05, 0) is 55.3 Å². The van der Waals surface area contributed by atoms with Crippen molar-refractivity contribution >= 4 is 27.5 Å². The van der Waals surface area contributed by atoms with Gasteiger partial charge in [0, 0.05) is 27.7 Å². The molecule has 0 aromatic heterocycles. The fourth-order valence-electron chi connectivity index (χ4n) is 3.63. The van der Waals surface area contributed by atoms with E-state index in [2.05, 4.69) is 45.6 Å². The second-order valence-electron chi connectivity index (χ2n) is 7.76. The molecule has 0 bridgehead atoms. The van der Waals surface area contributed by atoms with E-state index in [1.165, 1.54) is 50.5 Å². The summed E-state index contributed by atoms with van der Waals surface area (Å²) in [4.78, 5) is 12.3. The van der Waals surface area contributed by atoms with Gasteiger partial charge in [0.25, 0.3) is 5.91 Å².